The molecule has 1 unspecified atom stereocenters. The van der Waals surface area contributed by atoms with Gasteiger partial charge in [-0.1, -0.05) is 6.92 Å². The summed E-state index contributed by atoms with van der Waals surface area (Å²) in [6.45, 7) is 3.56. The van der Waals surface area contributed by atoms with E-state index < -0.39 is 0 Å². The van der Waals surface area contributed by atoms with Crippen molar-refractivity contribution in [1.29, 1.82) is 0 Å². The molecule has 0 spiro atoms. The highest BCUT2D eigenvalue weighted by atomic mass is 32.2. The van der Waals surface area contributed by atoms with Crippen LogP contribution in [0.4, 0.5) is 0 Å². The third-order valence-electron chi connectivity index (χ3n) is 3.77. The molecule has 0 amide bonds. The van der Waals surface area contributed by atoms with Gasteiger partial charge in [0.15, 0.2) is 6.29 Å². The molecule has 0 bridgehead atoms. The highest BCUT2D eigenvalue weighted by molar-refractivity contribution is 8.18. The highest BCUT2D eigenvalue weighted by Crippen LogP contribution is 2.49. The van der Waals surface area contributed by atoms with Crippen LogP contribution in [-0.4, -0.2) is 41.4 Å². The average Bonchev–Trinajstić information content (AvgIpc) is 2.48. The van der Waals surface area contributed by atoms with E-state index in [1.54, 1.807) is 0 Å². The van der Waals surface area contributed by atoms with E-state index in [0.717, 1.165) is 43.7 Å². The second kappa shape index (κ2) is 7.91. The summed E-state index contributed by atoms with van der Waals surface area (Å²) in [5.74, 6) is 2.40. The molecule has 19 heavy (non-hydrogen) atoms. The Kier molecular flexibility index (Phi) is 6.53. The van der Waals surface area contributed by atoms with Crippen molar-refractivity contribution in [2.45, 2.75) is 49.4 Å². The van der Waals surface area contributed by atoms with Crippen LogP contribution in [0.15, 0.2) is 0 Å². The molecule has 0 aromatic rings. The van der Waals surface area contributed by atoms with Crippen molar-refractivity contribution in [3.63, 3.8) is 0 Å². The maximum atomic E-state index is 11.2. The fourth-order valence-corrected chi connectivity index (χ4v) is 5.88. The Hall–Kier alpha value is 0.290. The fourth-order valence-electron chi connectivity index (χ4n) is 2.50. The van der Waals surface area contributed by atoms with Crippen LogP contribution in [0.3, 0.4) is 0 Å². The van der Waals surface area contributed by atoms with Crippen LogP contribution in [-0.2, 0) is 14.3 Å². The van der Waals surface area contributed by atoms with Gasteiger partial charge < -0.3 is 14.3 Å². The molecule has 0 aromatic carbocycles. The minimum atomic E-state index is -0.0177. The first kappa shape index (κ1) is 15.7. The van der Waals surface area contributed by atoms with Gasteiger partial charge in [-0.05, 0) is 43.6 Å². The molecule has 2 saturated heterocycles. The molecule has 2 aliphatic heterocycles. The van der Waals surface area contributed by atoms with Crippen molar-refractivity contribution < 1.29 is 14.3 Å². The zero-order chi connectivity index (χ0) is 13.6. The predicted octanol–water partition coefficient (Wildman–Crippen LogP) is 3.32. The number of rotatable bonds is 6. The Bertz CT molecular complexity index is 274. The molecule has 2 atom stereocenters. The summed E-state index contributed by atoms with van der Waals surface area (Å²) in [5, 5.41) is 0. The van der Waals surface area contributed by atoms with E-state index in [2.05, 4.69) is 0 Å². The molecule has 0 aromatic heterocycles. The largest absolute Gasteiger partial charge is 0.353 e. The molecule has 5 heteroatoms. The normalized spacial score (nSPS) is 28.8. The van der Waals surface area contributed by atoms with E-state index in [-0.39, 0.29) is 16.3 Å². The molecule has 2 rings (SSSR count). The second-order valence-electron chi connectivity index (χ2n) is 5.20. The zero-order valence-corrected chi connectivity index (χ0v) is 13.3. The lowest BCUT2D eigenvalue weighted by Gasteiger charge is -2.39. The van der Waals surface area contributed by atoms with Gasteiger partial charge in [0, 0.05) is 12.5 Å². The lowest BCUT2D eigenvalue weighted by Crippen LogP contribution is -2.36. The van der Waals surface area contributed by atoms with E-state index in [0.29, 0.717) is 6.61 Å². The van der Waals surface area contributed by atoms with Gasteiger partial charge in [-0.15, -0.1) is 23.5 Å². The summed E-state index contributed by atoms with van der Waals surface area (Å²) in [6.07, 6.45) is 6.62. The highest BCUT2D eigenvalue weighted by Gasteiger charge is 2.39. The standard InChI is InChI=1S/C14H24O3S2/c1-12(11-15)14(18-9-4-10-19-14)6-8-17-13-5-2-3-7-16-13/h11-13H,2-10H2,1H3/t12-,13?/m1/s1. The first-order valence-corrected chi connectivity index (χ1v) is 9.20. The van der Waals surface area contributed by atoms with Crippen molar-refractivity contribution in [2.24, 2.45) is 5.92 Å². The molecule has 0 aliphatic carbocycles. The van der Waals surface area contributed by atoms with E-state index in [4.69, 9.17) is 9.47 Å². The monoisotopic (exact) mass is 304 g/mol. The summed E-state index contributed by atoms with van der Waals surface area (Å²) in [7, 11) is 0. The molecule has 0 saturated carbocycles. The van der Waals surface area contributed by atoms with Crippen LogP contribution in [0.1, 0.15) is 39.0 Å². The van der Waals surface area contributed by atoms with Crippen molar-refractivity contribution in [3.8, 4) is 0 Å². The van der Waals surface area contributed by atoms with Crippen molar-refractivity contribution in [1.82, 2.24) is 0 Å². The van der Waals surface area contributed by atoms with Gasteiger partial charge in [-0.3, -0.25) is 0 Å². The number of ether oxygens (including phenoxy) is 2. The Morgan fingerprint density at radius 2 is 2.16 bits per heavy atom. The lowest BCUT2D eigenvalue weighted by molar-refractivity contribution is -0.163. The van der Waals surface area contributed by atoms with Crippen molar-refractivity contribution in [2.75, 3.05) is 24.7 Å². The van der Waals surface area contributed by atoms with Crippen molar-refractivity contribution >= 4 is 29.8 Å². The Balaban J connectivity index is 1.80. The van der Waals surface area contributed by atoms with Crippen LogP contribution in [0, 0.1) is 5.92 Å². The van der Waals surface area contributed by atoms with Gasteiger partial charge in [-0.25, -0.2) is 0 Å². The topological polar surface area (TPSA) is 35.5 Å². The van der Waals surface area contributed by atoms with Crippen LogP contribution in [0.25, 0.3) is 0 Å². The van der Waals surface area contributed by atoms with Gasteiger partial charge in [0.05, 0.1) is 10.7 Å². The van der Waals surface area contributed by atoms with E-state index in [1.807, 2.05) is 30.4 Å². The summed E-state index contributed by atoms with van der Waals surface area (Å²) in [5.41, 5.74) is 0. The molecule has 110 valence electrons. The third kappa shape index (κ3) is 4.38. The lowest BCUT2D eigenvalue weighted by atomic mass is 10.1. The first-order chi connectivity index (χ1) is 9.27. The number of carbonyl (C=O) groups is 1. The summed E-state index contributed by atoms with van der Waals surface area (Å²) < 4.78 is 11.4. The summed E-state index contributed by atoms with van der Waals surface area (Å²) in [4.78, 5) is 11.2. The van der Waals surface area contributed by atoms with Crippen LogP contribution in [0.2, 0.25) is 0 Å². The van der Waals surface area contributed by atoms with Crippen LogP contribution in [0.5, 0.6) is 0 Å². The number of aldehydes is 1. The Morgan fingerprint density at radius 1 is 1.37 bits per heavy atom. The van der Waals surface area contributed by atoms with Gasteiger partial charge in [0.1, 0.15) is 6.29 Å². The van der Waals surface area contributed by atoms with E-state index in [9.17, 15) is 4.79 Å². The Labute approximate surface area is 124 Å². The van der Waals surface area contributed by atoms with Crippen LogP contribution >= 0.6 is 23.5 Å². The molecule has 2 heterocycles. The summed E-state index contributed by atoms with van der Waals surface area (Å²) in [6, 6.07) is 0. The molecular formula is C14H24O3S2. The van der Waals surface area contributed by atoms with Crippen LogP contribution < -0.4 is 0 Å². The van der Waals surface area contributed by atoms with E-state index >= 15 is 0 Å². The van der Waals surface area contributed by atoms with Gasteiger partial charge >= 0.3 is 0 Å². The number of thioether (sulfide) groups is 2. The number of carbonyl (C=O) groups excluding carboxylic acids is 1. The minimum Gasteiger partial charge on any atom is -0.353 e. The van der Waals surface area contributed by atoms with Crippen molar-refractivity contribution in [3.05, 3.63) is 0 Å². The predicted molar refractivity (Wildman–Crippen MR) is 81.7 cm³/mol. The maximum Gasteiger partial charge on any atom is 0.157 e. The second-order valence-corrected chi connectivity index (χ2v) is 8.31. The SMILES string of the molecule is C[C@H](C=O)C1(CCOC2CCCCO2)SCCCS1. The maximum absolute atomic E-state index is 11.2. The number of hydrogen-bond acceptors (Lipinski definition) is 5. The summed E-state index contributed by atoms with van der Waals surface area (Å²) >= 11 is 3.88. The number of hydrogen-bond donors (Lipinski definition) is 0. The Morgan fingerprint density at radius 3 is 2.79 bits per heavy atom. The van der Waals surface area contributed by atoms with Gasteiger partial charge in [0.25, 0.3) is 0 Å². The molecule has 3 nitrogen and oxygen atoms in total. The average molecular weight is 304 g/mol. The van der Waals surface area contributed by atoms with Gasteiger partial charge in [-0.2, -0.15) is 0 Å². The smallest absolute Gasteiger partial charge is 0.157 e. The molecule has 2 aliphatic rings. The molecule has 2 fully saturated rings. The van der Waals surface area contributed by atoms with Gasteiger partial charge in [0.2, 0.25) is 0 Å². The molecule has 0 N–H and O–H groups in total. The minimum absolute atomic E-state index is 0.0177. The quantitative estimate of drug-likeness (QED) is 0.703. The molecular weight excluding hydrogens is 280 g/mol. The van der Waals surface area contributed by atoms with E-state index in [1.165, 1.54) is 12.8 Å². The molecule has 0 radical (unpaired) electrons. The third-order valence-corrected chi connectivity index (χ3v) is 7.59. The fraction of sp³-hybridized carbons (Fsp3) is 0.929. The zero-order valence-electron chi connectivity index (χ0n) is 11.6. The first-order valence-electron chi connectivity index (χ1n) is 7.23.